The van der Waals surface area contributed by atoms with Gasteiger partial charge in [0.05, 0.1) is 17.1 Å². The number of carbonyl (C=O) groups is 1. The van der Waals surface area contributed by atoms with Crippen LogP contribution in [0.15, 0.2) is 23.1 Å². The molecule has 1 heterocycles. The Morgan fingerprint density at radius 2 is 2.19 bits per heavy atom. The van der Waals surface area contributed by atoms with Gasteiger partial charge in [0.2, 0.25) is 10.0 Å². The molecule has 1 aliphatic rings. The summed E-state index contributed by atoms with van der Waals surface area (Å²) in [4.78, 5) is 11.1. The second kappa shape index (κ2) is 6.13. The molecule has 21 heavy (non-hydrogen) atoms. The lowest BCUT2D eigenvalue weighted by molar-refractivity contribution is 0.0696. The fourth-order valence-electron chi connectivity index (χ4n) is 2.49. The van der Waals surface area contributed by atoms with Gasteiger partial charge in [0.1, 0.15) is 0 Å². The molecule has 0 aromatic heterocycles. The molecule has 0 saturated carbocycles. The SMILES string of the molecule is Cc1c(C(=O)O)cccc1S(=O)(=O)NC(C)C1CCOC1. The minimum atomic E-state index is -3.75. The molecule has 2 atom stereocenters. The lowest BCUT2D eigenvalue weighted by Gasteiger charge is -2.20. The standard InChI is InChI=1S/C14H19NO5S/c1-9-12(14(16)17)4-3-5-13(9)21(18,19)15-10(2)11-6-7-20-8-11/h3-5,10-11,15H,6-8H2,1-2H3,(H,16,17). The fourth-order valence-corrected chi connectivity index (χ4v) is 4.07. The van der Waals surface area contributed by atoms with Crippen LogP contribution in [-0.4, -0.2) is 38.7 Å². The van der Waals surface area contributed by atoms with Crippen molar-refractivity contribution in [2.75, 3.05) is 13.2 Å². The lowest BCUT2D eigenvalue weighted by atomic mass is 10.0. The number of aromatic carboxylic acids is 1. The third-order valence-corrected chi connectivity index (χ3v) is 5.52. The summed E-state index contributed by atoms with van der Waals surface area (Å²) in [6.45, 7) is 4.48. The van der Waals surface area contributed by atoms with E-state index in [1.807, 2.05) is 0 Å². The van der Waals surface area contributed by atoms with Crippen LogP contribution >= 0.6 is 0 Å². The molecular formula is C14H19NO5S. The predicted octanol–water partition coefficient (Wildman–Crippen LogP) is 1.40. The molecule has 0 bridgehead atoms. The largest absolute Gasteiger partial charge is 0.478 e. The molecule has 2 rings (SSSR count). The third-order valence-electron chi connectivity index (χ3n) is 3.82. The number of sulfonamides is 1. The number of rotatable bonds is 5. The lowest BCUT2D eigenvalue weighted by Crippen LogP contribution is -2.38. The van der Waals surface area contributed by atoms with E-state index >= 15 is 0 Å². The van der Waals surface area contributed by atoms with Crippen LogP contribution in [0.1, 0.15) is 29.3 Å². The zero-order valence-electron chi connectivity index (χ0n) is 12.0. The molecule has 7 heteroatoms. The Morgan fingerprint density at radius 3 is 2.76 bits per heavy atom. The summed E-state index contributed by atoms with van der Waals surface area (Å²) in [5, 5.41) is 9.08. The topological polar surface area (TPSA) is 92.7 Å². The van der Waals surface area contributed by atoms with Crippen LogP contribution in [0.25, 0.3) is 0 Å². The molecule has 1 aliphatic heterocycles. The van der Waals surface area contributed by atoms with Crippen LogP contribution in [0.3, 0.4) is 0 Å². The molecule has 2 N–H and O–H groups in total. The Labute approximate surface area is 124 Å². The van der Waals surface area contributed by atoms with E-state index in [9.17, 15) is 13.2 Å². The number of benzene rings is 1. The van der Waals surface area contributed by atoms with Gasteiger partial charge in [0, 0.05) is 18.6 Å². The van der Waals surface area contributed by atoms with Gasteiger partial charge in [0.15, 0.2) is 0 Å². The molecule has 0 spiro atoms. The fraction of sp³-hybridized carbons (Fsp3) is 0.500. The highest BCUT2D eigenvalue weighted by Gasteiger charge is 2.28. The number of carboxylic acid groups (broad SMARTS) is 1. The molecule has 1 saturated heterocycles. The van der Waals surface area contributed by atoms with Crippen molar-refractivity contribution in [1.29, 1.82) is 0 Å². The molecule has 2 unspecified atom stereocenters. The van der Waals surface area contributed by atoms with E-state index in [0.717, 1.165) is 6.42 Å². The van der Waals surface area contributed by atoms with E-state index in [2.05, 4.69) is 4.72 Å². The molecule has 1 aromatic carbocycles. The van der Waals surface area contributed by atoms with E-state index in [1.165, 1.54) is 25.1 Å². The molecule has 1 aromatic rings. The summed E-state index contributed by atoms with van der Waals surface area (Å²) in [7, 11) is -3.75. The molecule has 0 radical (unpaired) electrons. The van der Waals surface area contributed by atoms with Crippen LogP contribution in [-0.2, 0) is 14.8 Å². The van der Waals surface area contributed by atoms with Gasteiger partial charge in [-0.05, 0) is 38.0 Å². The van der Waals surface area contributed by atoms with E-state index in [4.69, 9.17) is 9.84 Å². The smallest absolute Gasteiger partial charge is 0.335 e. The van der Waals surface area contributed by atoms with Gasteiger partial charge in [-0.2, -0.15) is 0 Å². The minimum Gasteiger partial charge on any atom is -0.478 e. The summed E-state index contributed by atoms with van der Waals surface area (Å²) in [6, 6.07) is 3.99. The average Bonchev–Trinajstić information content (AvgIpc) is 2.91. The van der Waals surface area contributed by atoms with Gasteiger partial charge >= 0.3 is 5.97 Å². The van der Waals surface area contributed by atoms with E-state index in [1.54, 1.807) is 6.92 Å². The van der Waals surface area contributed by atoms with Crippen LogP contribution in [0.4, 0.5) is 0 Å². The summed E-state index contributed by atoms with van der Waals surface area (Å²) in [6.07, 6.45) is 0.817. The molecule has 0 aliphatic carbocycles. The van der Waals surface area contributed by atoms with Crippen molar-refractivity contribution < 1.29 is 23.1 Å². The number of hydrogen-bond acceptors (Lipinski definition) is 4. The quantitative estimate of drug-likeness (QED) is 0.857. The van der Waals surface area contributed by atoms with Crippen molar-refractivity contribution in [3.8, 4) is 0 Å². The molecule has 1 fully saturated rings. The number of ether oxygens (including phenoxy) is 1. The maximum absolute atomic E-state index is 12.5. The van der Waals surface area contributed by atoms with Gasteiger partial charge in [-0.15, -0.1) is 0 Å². The monoisotopic (exact) mass is 313 g/mol. The van der Waals surface area contributed by atoms with Crippen molar-refractivity contribution in [2.45, 2.75) is 31.2 Å². The van der Waals surface area contributed by atoms with Gasteiger partial charge < -0.3 is 9.84 Å². The third kappa shape index (κ3) is 3.42. The minimum absolute atomic E-state index is 0.00488. The van der Waals surface area contributed by atoms with Crippen LogP contribution in [0.2, 0.25) is 0 Å². The first-order chi connectivity index (χ1) is 9.83. The highest BCUT2D eigenvalue weighted by molar-refractivity contribution is 7.89. The summed E-state index contributed by atoms with van der Waals surface area (Å²) in [5.74, 6) is -0.996. The maximum atomic E-state index is 12.5. The zero-order chi connectivity index (χ0) is 15.6. The second-order valence-electron chi connectivity index (χ2n) is 5.27. The maximum Gasteiger partial charge on any atom is 0.335 e. The van der Waals surface area contributed by atoms with Crippen molar-refractivity contribution in [3.05, 3.63) is 29.3 Å². The predicted molar refractivity (Wildman–Crippen MR) is 76.8 cm³/mol. The molecule has 6 nitrogen and oxygen atoms in total. The van der Waals surface area contributed by atoms with Crippen molar-refractivity contribution in [1.82, 2.24) is 4.72 Å². The Bertz CT molecular complexity index is 635. The number of nitrogens with one attached hydrogen (secondary N) is 1. The summed E-state index contributed by atoms with van der Waals surface area (Å²) in [5.41, 5.74) is 0.238. The van der Waals surface area contributed by atoms with Crippen molar-refractivity contribution in [2.24, 2.45) is 5.92 Å². The number of hydrogen-bond donors (Lipinski definition) is 2. The second-order valence-corrected chi connectivity index (χ2v) is 6.95. The van der Waals surface area contributed by atoms with E-state index < -0.39 is 16.0 Å². The van der Waals surface area contributed by atoms with Crippen LogP contribution < -0.4 is 4.72 Å². The van der Waals surface area contributed by atoms with Gasteiger partial charge in [0.25, 0.3) is 0 Å². The highest BCUT2D eigenvalue weighted by atomic mass is 32.2. The van der Waals surface area contributed by atoms with Crippen molar-refractivity contribution >= 4 is 16.0 Å². The van der Waals surface area contributed by atoms with Crippen LogP contribution in [0, 0.1) is 12.8 Å². The Hall–Kier alpha value is -1.44. The summed E-state index contributed by atoms with van der Waals surface area (Å²) >= 11 is 0. The molecular weight excluding hydrogens is 294 g/mol. The first-order valence-corrected chi connectivity index (χ1v) is 8.24. The van der Waals surface area contributed by atoms with E-state index in [-0.39, 0.29) is 28.0 Å². The molecule has 0 amide bonds. The zero-order valence-corrected chi connectivity index (χ0v) is 12.8. The normalized spacial score (nSPS) is 20.4. The summed E-state index contributed by atoms with van der Waals surface area (Å²) < 4.78 is 32.8. The van der Waals surface area contributed by atoms with Gasteiger partial charge in [-0.3, -0.25) is 0 Å². The highest BCUT2D eigenvalue weighted by Crippen LogP contribution is 2.22. The van der Waals surface area contributed by atoms with E-state index in [0.29, 0.717) is 13.2 Å². The first kappa shape index (κ1) is 15.9. The van der Waals surface area contributed by atoms with Gasteiger partial charge in [-0.1, -0.05) is 6.07 Å². The molecule has 116 valence electrons. The Balaban J connectivity index is 2.27. The Morgan fingerprint density at radius 1 is 1.48 bits per heavy atom. The van der Waals surface area contributed by atoms with Crippen LogP contribution in [0.5, 0.6) is 0 Å². The number of carboxylic acids is 1. The van der Waals surface area contributed by atoms with Crippen molar-refractivity contribution in [3.63, 3.8) is 0 Å². The average molecular weight is 313 g/mol. The first-order valence-electron chi connectivity index (χ1n) is 6.76. The Kier molecular flexibility index (Phi) is 4.65. The van der Waals surface area contributed by atoms with Gasteiger partial charge in [-0.25, -0.2) is 17.9 Å².